The van der Waals surface area contributed by atoms with Crippen LogP contribution in [-0.2, 0) is 23.9 Å². The van der Waals surface area contributed by atoms with E-state index in [1.807, 2.05) is 0 Å². The number of aldehydes is 1. The van der Waals surface area contributed by atoms with Crippen molar-refractivity contribution in [2.24, 2.45) is 4.99 Å². The summed E-state index contributed by atoms with van der Waals surface area (Å²) < 4.78 is 11.0. The monoisotopic (exact) mass is 592 g/mol. The molecule has 9 heteroatoms. The van der Waals surface area contributed by atoms with Gasteiger partial charge in [-0.3, -0.25) is 9.69 Å². The number of likely N-dealkylation sites (N-methyl/N-ethyl adjacent to an activating group) is 1. The Bertz CT molecular complexity index is 1220. The Labute approximate surface area is 256 Å². The molecule has 2 unspecified atom stereocenters. The molecule has 2 heterocycles. The molecule has 1 amide bonds. The summed E-state index contributed by atoms with van der Waals surface area (Å²) in [6.07, 6.45) is 8.15. The van der Waals surface area contributed by atoms with E-state index in [-0.39, 0.29) is 18.2 Å². The van der Waals surface area contributed by atoms with Crippen LogP contribution in [-0.4, -0.2) is 87.0 Å². The minimum atomic E-state index is -0.386. The molecule has 0 radical (unpaired) electrons. The van der Waals surface area contributed by atoms with Crippen molar-refractivity contribution in [2.45, 2.75) is 52.4 Å². The standard InChI is InChI=1S/C21H34N4O4.C11H10.C2H4O/c1-5-12-27-16-19-15-25(11-10-24(19)4)17(3)22-14-18(6-2)21(26)23-29-20-9-7-8-13-28-20;1-9-6-7-10-4-2-3-5-11(10)8-9;1-2-3/h5-6,14,19-20H,1,3,7-13,15-16H2,2,4H3,(H,23,26);2-8H,1H3;2H,1H3/b18-6+,22-14-;;. The Morgan fingerprint density at radius 2 is 1.91 bits per heavy atom. The number of allylic oxidation sites excluding steroid dienone is 1. The molecule has 0 aliphatic carbocycles. The van der Waals surface area contributed by atoms with Crippen molar-refractivity contribution in [1.29, 1.82) is 0 Å². The van der Waals surface area contributed by atoms with Gasteiger partial charge in [0.1, 0.15) is 12.1 Å². The Balaban J connectivity index is 0.000000377. The van der Waals surface area contributed by atoms with Gasteiger partial charge in [-0.2, -0.15) is 0 Å². The van der Waals surface area contributed by atoms with Crippen molar-refractivity contribution in [2.75, 3.05) is 46.5 Å². The summed E-state index contributed by atoms with van der Waals surface area (Å²) in [5.74, 6) is 0.266. The summed E-state index contributed by atoms with van der Waals surface area (Å²) in [5.41, 5.74) is 4.18. The Morgan fingerprint density at radius 3 is 2.58 bits per heavy atom. The number of aryl methyl sites for hydroxylation is 1. The van der Waals surface area contributed by atoms with Crippen LogP contribution in [0, 0.1) is 6.92 Å². The number of benzene rings is 2. The summed E-state index contributed by atoms with van der Waals surface area (Å²) in [6, 6.07) is 15.2. The molecule has 0 saturated carbocycles. The van der Waals surface area contributed by atoms with Gasteiger partial charge in [0.05, 0.1) is 24.8 Å². The molecule has 2 aliphatic heterocycles. The lowest BCUT2D eigenvalue weighted by Gasteiger charge is -2.40. The number of hydrogen-bond acceptors (Lipinski definition) is 8. The molecule has 9 nitrogen and oxygen atoms in total. The minimum absolute atomic E-state index is 0.254. The number of hydrogen-bond donors (Lipinski definition) is 1. The molecule has 0 bridgehead atoms. The summed E-state index contributed by atoms with van der Waals surface area (Å²) in [5, 5.41) is 2.64. The largest absolute Gasteiger partial charge is 0.376 e. The van der Waals surface area contributed by atoms with E-state index < -0.39 is 0 Å². The van der Waals surface area contributed by atoms with Crippen LogP contribution in [0.2, 0.25) is 0 Å². The van der Waals surface area contributed by atoms with Crippen molar-refractivity contribution in [3.8, 4) is 0 Å². The highest BCUT2D eigenvalue weighted by Crippen LogP contribution is 2.16. The molecule has 4 rings (SSSR count). The molecule has 234 valence electrons. The molecule has 2 fully saturated rings. The van der Waals surface area contributed by atoms with Crippen LogP contribution in [0.3, 0.4) is 0 Å². The predicted molar refractivity (Wildman–Crippen MR) is 174 cm³/mol. The van der Waals surface area contributed by atoms with Gasteiger partial charge in [0, 0.05) is 38.9 Å². The Morgan fingerprint density at radius 1 is 1.16 bits per heavy atom. The summed E-state index contributed by atoms with van der Waals surface area (Å²) >= 11 is 0. The maximum absolute atomic E-state index is 12.3. The lowest BCUT2D eigenvalue weighted by Crippen LogP contribution is -2.52. The number of piperazine rings is 1. The smallest absolute Gasteiger partial charge is 0.276 e. The van der Waals surface area contributed by atoms with Gasteiger partial charge >= 0.3 is 0 Å². The Kier molecular flexibility index (Phi) is 16.8. The van der Waals surface area contributed by atoms with Gasteiger partial charge < -0.3 is 19.2 Å². The average Bonchev–Trinajstić information content (AvgIpc) is 3.02. The second-order valence-electron chi connectivity index (χ2n) is 10.3. The third-order valence-corrected chi connectivity index (χ3v) is 6.94. The maximum Gasteiger partial charge on any atom is 0.276 e. The SMILES string of the molecule is C=CCOCC1CN(C(=C)/N=C\C(=C/C)C(=O)NOC2CCCCO2)CCN1C.CC=O.Cc1ccc2ccccc2c1. The van der Waals surface area contributed by atoms with Crippen molar-refractivity contribution in [3.05, 3.63) is 84.7 Å². The third-order valence-electron chi connectivity index (χ3n) is 6.94. The number of aliphatic imine (C=N–C) groups is 1. The molecule has 0 aromatic heterocycles. The van der Waals surface area contributed by atoms with Crippen LogP contribution in [0.15, 0.2) is 84.2 Å². The van der Waals surface area contributed by atoms with E-state index in [1.54, 1.807) is 19.1 Å². The molecule has 2 aromatic carbocycles. The van der Waals surface area contributed by atoms with E-state index in [1.165, 1.54) is 29.5 Å². The zero-order valence-electron chi connectivity index (χ0n) is 26.2. The van der Waals surface area contributed by atoms with Crippen LogP contribution in [0.1, 0.15) is 38.7 Å². The molecule has 43 heavy (non-hydrogen) atoms. The number of nitrogens with zero attached hydrogens (tertiary/aromatic N) is 3. The van der Waals surface area contributed by atoms with Gasteiger partial charge in [-0.25, -0.2) is 15.3 Å². The molecule has 2 aliphatic rings. The first-order valence-electron chi connectivity index (χ1n) is 14.8. The number of fused-ring (bicyclic) bond motifs is 1. The van der Waals surface area contributed by atoms with Gasteiger partial charge in [0.25, 0.3) is 5.91 Å². The van der Waals surface area contributed by atoms with E-state index in [0.29, 0.717) is 31.2 Å². The molecule has 2 atom stereocenters. The van der Waals surface area contributed by atoms with Crippen molar-refractivity contribution < 1.29 is 23.9 Å². The number of carbonyl (C=O) groups is 2. The van der Waals surface area contributed by atoms with Gasteiger partial charge in [-0.1, -0.05) is 66.8 Å². The topological polar surface area (TPSA) is 92.7 Å². The fourth-order valence-electron chi connectivity index (χ4n) is 4.43. The van der Waals surface area contributed by atoms with Gasteiger partial charge in [-0.05, 0) is 51.4 Å². The molecular weight excluding hydrogens is 544 g/mol. The Hall–Kier alpha value is -3.63. The van der Waals surface area contributed by atoms with E-state index in [4.69, 9.17) is 19.1 Å². The second-order valence-corrected chi connectivity index (χ2v) is 10.3. The molecule has 2 saturated heterocycles. The molecule has 2 aromatic rings. The highest BCUT2D eigenvalue weighted by molar-refractivity contribution is 6.11. The van der Waals surface area contributed by atoms with Gasteiger partial charge in [-0.15, -0.1) is 6.58 Å². The van der Waals surface area contributed by atoms with Crippen molar-refractivity contribution in [1.82, 2.24) is 15.3 Å². The molecular formula is C34H48N4O5. The number of hydroxylamine groups is 1. The summed E-state index contributed by atoms with van der Waals surface area (Å²) in [6.45, 7) is 17.4. The number of carbonyl (C=O) groups excluding carboxylic acids is 2. The fourth-order valence-corrected chi connectivity index (χ4v) is 4.43. The zero-order chi connectivity index (χ0) is 31.5. The van der Waals surface area contributed by atoms with E-state index in [9.17, 15) is 4.79 Å². The van der Waals surface area contributed by atoms with Crippen molar-refractivity contribution >= 4 is 29.2 Å². The summed E-state index contributed by atoms with van der Waals surface area (Å²) in [4.78, 5) is 35.2. The fraction of sp³-hybridized carbons (Fsp3) is 0.441. The second kappa shape index (κ2) is 20.3. The van der Waals surface area contributed by atoms with Crippen LogP contribution in [0.4, 0.5) is 0 Å². The van der Waals surface area contributed by atoms with E-state index >= 15 is 0 Å². The highest BCUT2D eigenvalue weighted by Gasteiger charge is 2.25. The first kappa shape index (κ1) is 35.6. The van der Waals surface area contributed by atoms with Crippen LogP contribution in [0.5, 0.6) is 0 Å². The number of amides is 1. The zero-order valence-corrected chi connectivity index (χ0v) is 26.2. The summed E-state index contributed by atoms with van der Waals surface area (Å²) in [7, 11) is 2.09. The number of ether oxygens (including phenoxy) is 2. The van der Waals surface area contributed by atoms with Gasteiger partial charge in [0.2, 0.25) is 0 Å². The van der Waals surface area contributed by atoms with Crippen LogP contribution < -0.4 is 5.48 Å². The lowest BCUT2D eigenvalue weighted by atomic mass is 10.1. The normalized spacial score (nSPS) is 19.1. The lowest BCUT2D eigenvalue weighted by molar-refractivity contribution is -0.198. The van der Waals surface area contributed by atoms with E-state index in [2.05, 4.69) is 89.9 Å². The first-order valence-corrected chi connectivity index (χ1v) is 14.8. The molecule has 0 spiro atoms. The molecule has 1 N–H and O–H groups in total. The predicted octanol–water partition coefficient (Wildman–Crippen LogP) is 5.22. The third kappa shape index (κ3) is 13.0. The van der Waals surface area contributed by atoms with E-state index in [0.717, 1.165) is 45.2 Å². The quantitative estimate of drug-likeness (QED) is 0.101. The van der Waals surface area contributed by atoms with Gasteiger partial charge in [0.15, 0.2) is 6.29 Å². The van der Waals surface area contributed by atoms with Crippen LogP contribution >= 0.6 is 0 Å². The highest BCUT2D eigenvalue weighted by atomic mass is 16.8. The first-order chi connectivity index (χ1) is 20.8. The van der Waals surface area contributed by atoms with Crippen LogP contribution in [0.25, 0.3) is 10.8 Å². The average molecular weight is 593 g/mol. The number of rotatable bonds is 10. The number of nitrogens with one attached hydrogen (secondary N) is 1. The minimum Gasteiger partial charge on any atom is -0.376 e. The van der Waals surface area contributed by atoms with Crippen molar-refractivity contribution in [3.63, 3.8) is 0 Å². The maximum atomic E-state index is 12.3.